The summed E-state index contributed by atoms with van der Waals surface area (Å²) in [5, 5.41) is 3.03. The maximum Gasteiger partial charge on any atom is 0.194 e. The van der Waals surface area contributed by atoms with Gasteiger partial charge in [-0.15, -0.1) is 0 Å². The van der Waals surface area contributed by atoms with E-state index in [9.17, 15) is 17.6 Å². The quantitative estimate of drug-likeness (QED) is 0.190. The lowest BCUT2D eigenvalue weighted by Gasteiger charge is -2.30. The van der Waals surface area contributed by atoms with Crippen molar-refractivity contribution < 1.29 is 22.3 Å². The third kappa shape index (κ3) is 5.00. The molecule has 3 aromatic carbocycles. The molecule has 1 aliphatic carbocycles. The second kappa shape index (κ2) is 10.8. The maximum atomic E-state index is 14.2. The first kappa shape index (κ1) is 24.0. The normalized spacial score (nSPS) is 14.9. The summed E-state index contributed by atoms with van der Waals surface area (Å²) in [6, 6.07) is 19.4. The van der Waals surface area contributed by atoms with Crippen molar-refractivity contribution in [2.24, 2.45) is 0 Å². The number of hydrogen-bond donors (Lipinski definition) is 0. The zero-order valence-electron chi connectivity index (χ0n) is 18.4. The summed E-state index contributed by atoms with van der Waals surface area (Å²) in [6.45, 7) is -0.680. The van der Waals surface area contributed by atoms with Crippen LogP contribution in [0.1, 0.15) is 12.0 Å². The molecular formula is C28H24F4OP+. The van der Waals surface area contributed by atoms with Crippen LogP contribution in [0.25, 0.3) is 0 Å². The molecule has 0 saturated heterocycles. The lowest BCUT2D eigenvalue weighted by Crippen LogP contribution is -2.26. The zero-order valence-corrected chi connectivity index (χ0v) is 19.3. The molecule has 0 fully saturated rings. The molecule has 0 amide bonds. The number of hydrogen-bond acceptors (Lipinski definition) is 1. The van der Waals surface area contributed by atoms with E-state index in [0.717, 1.165) is 28.1 Å². The lowest BCUT2D eigenvalue weighted by atomic mass is 10.2. The molecule has 34 heavy (non-hydrogen) atoms. The highest BCUT2D eigenvalue weighted by molar-refractivity contribution is 7.92. The molecule has 6 heteroatoms. The molecule has 0 heterocycles. The van der Waals surface area contributed by atoms with Crippen LogP contribution in [-0.4, -0.2) is 13.3 Å². The summed E-state index contributed by atoms with van der Waals surface area (Å²) in [5.41, 5.74) is 0.363. The van der Waals surface area contributed by atoms with Gasteiger partial charge < -0.3 is 4.74 Å². The largest absolute Gasteiger partial charge is 0.491 e. The Kier molecular flexibility index (Phi) is 7.64. The van der Waals surface area contributed by atoms with Crippen LogP contribution < -0.4 is 15.3 Å². The van der Waals surface area contributed by atoms with Gasteiger partial charge in [-0.2, -0.15) is 0 Å². The molecule has 1 atom stereocenters. The Balaban J connectivity index is 1.97. The van der Waals surface area contributed by atoms with Crippen molar-refractivity contribution in [2.75, 3.05) is 13.3 Å². The van der Waals surface area contributed by atoms with Crippen LogP contribution in [-0.2, 0) is 6.16 Å². The summed E-state index contributed by atoms with van der Waals surface area (Å²) in [5.74, 6) is -3.38. The van der Waals surface area contributed by atoms with Gasteiger partial charge in [0.2, 0.25) is 0 Å². The van der Waals surface area contributed by atoms with Crippen LogP contribution >= 0.6 is 7.26 Å². The average molecular weight is 483 g/mol. The predicted molar refractivity (Wildman–Crippen MR) is 132 cm³/mol. The summed E-state index contributed by atoms with van der Waals surface area (Å²) in [6.07, 6.45) is 10.9. The van der Waals surface area contributed by atoms with Gasteiger partial charge in [0.1, 0.15) is 36.9 Å². The fourth-order valence-corrected chi connectivity index (χ4v) is 8.62. The number of alkyl halides is 1. The first-order valence-corrected chi connectivity index (χ1v) is 12.9. The maximum absolute atomic E-state index is 14.2. The van der Waals surface area contributed by atoms with Gasteiger partial charge >= 0.3 is 0 Å². The molecule has 1 nitrogen and oxygen atoms in total. The molecule has 4 rings (SSSR count). The van der Waals surface area contributed by atoms with E-state index in [2.05, 4.69) is 0 Å². The third-order valence-electron chi connectivity index (χ3n) is 5.73. The smallest absolute Gasteiger partial charge is 0.194 e. The van der Waals surface area contributed by atoms with Crippen LogP contribution in [0.3, 0.4) is 0 Å². The first-order chi connectivity index (χ1) is 16.5. The van der Waals surface area contributed by atoms with Gasteiger partial charge in [-0.1, -0.05) is 48.6 Å². The highest BCUT2D eigenvalue weighted by atomic mass is 31.2. The molecule has 174 valence electrons. The van der Waals surface area contributed by atoms with Crippen LogP contribution in [0, 0.1) is 17.5 Å². The number of halogens is 4. The summed E-state index contributed by atoms with van der Waals surface area (Å²) >= 11 is 0. The van der Waals surface area contributed by atoms with Gasteiger partial charge in [-0.3, -0.25) is 0 Å². The van der Waals surface area contributed by atoms with Gasteiger partial charge in [-0.25, -0.2) is 17.6 Å². The van der Waals surface area contributed by atoms with E-state index in [1.54, 1.807) is 6.07 Å². The van der Waals surface area contributed by atoms with Crippen molar-refractivity contribution >= 4 is 17.9 Å². The van der Waals surface area contributed by atoms with Crippen molar-refractivity contribution in [1.29, 1.82) is 0 Å². The minimum Gasteiger partial charge on any atom is -0.491 e. The summed E-state index contributed by atoms with van der Waals surface area (Å²) < 4.78 is 60.6. The second-order valence-electron chi connectivity index (χ2n) is 7.89. The fraction of sp³-hybridized carbons (Fsp3) is 0.143. The molecule has 1 unspecified atom stereocenters. The Bertz CT molecular complexity index is 1210. The summed E-state index contributed by atoms with van der Waals surface area (Å²) in [4.78, 5) is 0. The van der Waals surface area contributed by atoms with Crippen molar-refractivity contribution in [1.82, 2.24) is 0 Å². The van der Waals surface area contributed by atoms with Gasteiger partial charge in [0.15, 0.2) is 17.5 Å². The van der Waals surface area contributed by atoms with Crippen LogP contribution in [0.2, 0.25) is 0 Å². The van der Waals surface area contributed by atoms with E-state index in [1.165, 1.54) is 0 Å². The Labute approximate surface area is 197 Å². The number of benzene rings is 3. The molecule has 1 aliphatic rings. The first-order valence-electron chi connectivity index (χ1n) is 10.9. The molecule has 0 N–H and O–H groups in total. The Hall–Kier alpha value is -3.17. The van der Waals surface area contributed by atoms with Crippen molar-refractivity contribution in [3.63, 3.8) is 0 Å². The van der Waals surface area contributed by atoms with Gasteiger partial charge in [0.25, 0.3) is 0 Å². The number of rotatable bonds is 8. The highest BCUT2D eigenvalue weighted by Crippen LogP contribution is 2.67. The molecule has 0 aromatic heterocycles. The molecule has 0 aliphatic heterocycles. The van der Waals surface area contributed by atoms with E-state index in [0.29, 0.717) is 17.7 Å². The minimum atomic E-state index is -2.51. The van der Waals surface area contributed by atoms with E-state index in [1.807, 2.05) is 78.9 Å². The van der Waals surface area contributed by atoms with E-state index in [-0.39, 0.29) is 12.8 Å². The third-order valence-corrected chi connectivity index (χ3v) is 10.2. The standard InChI is InChI=1S/C28H24F4OP/c29-15-16-33-22-9-8-14-25(19-22)34(24-12-6-3-7-13-24,23-10-4-1-2-5-11-23)20-21-17-26(30)28(32)27(31)18-21/h1-10,12-14,17-19H,11,15-16,20H2/q+1. The SMILES string of the molecule is FCCOc1cccc([P+](Cc2cc(F)c(F)c(F)c2)(C2=CC=CC=CC2)c2ccccc2)c1. The Morgan fingerprint density at radius 2 is 1.53 bits per heavy atom. The van der Waals surface area contributed by atoms with Gasteiger partial charge in [0, 0.05) is 12.5 Å². The van der Waals surface area contributed by atoms with Crippen LogP contribution in [0.4, 0.5) is 17.6 Å². The van der Waals surface area contributed by atoms with Crippen molar-refractivity contribution in [3.8, 4) is 5.75 Å². The second-order valence-corrected chi connectivity index (χ2v) is 11.4. The average Bonchev–Trinajstić information content (AvgIpc) is 3.15. The number of ether oxygens (including phenoxy) is 1. The van der Waals surface area contributed by atoms with Crippen molar-refractivity contribution in [3.05, 3.63) is 125 Å². The van der Waals surface area contributed by atoms with Crippen LogP contribution in [0.5, 0.6) is 5.75 Å². The van der Waals surface area contributed by atoms with E-state index >= 15 is 0 Å². The lowest BCUT2D eigenvalue weighted by molar-refractivity contribution is 0.273. The van der Waals surface area contributed by atoms with Crippen LogP contribution in [0.15, 0.2) is 102 Å². The molecular weight excluding hydrogens is 459 g/mol. The van der Waals surface area contributed by atoms with Gasteiger partial charge in [0.05, 0.1) is 11.5 Å². The van der Waals surface area contributed by atoms with E-state index < -0.39 is 31.4 Å². The molecule has 0 saturated carbocycles. The molecule has 3 aromatic rings. The number of allylic oxidation sites excluding steroid dienone is 6. The van der Waals surface area contributed by atoms with Gasteiger partial charge in [-0.05, 0) is 48.0 Å². The highest BCUT2D eigenvalue weighted by Gasteiger charge is 2.47. The topological polar surface area (TPSA) is 9.23 Å². The van der Waals surface area contributed by atoms with Crippen molar-refractivity contribution in [2.45, 2.75) is 12.6 Å². The predicted octanol–water partition coefficient (Wildman–Crippen LogP) is 7.02. The van der Waals surface area contributed by atoms with E-state index in [4.69, 9.17) is 4.74 Å². The minimum absolute atomic E-state index is 0.0667. The zero-order chi connectivity index (χ0) is 24.0. The molecule has 0 bridgehead atoms. The molecule has 0 radical (unpaired) electrons. The Morgan fingerprint density at radius 3 is 2.26 bits per heavy atom. The fourth-order valence-electron chi connectivity index (χ4n) is 4.24. The Morgan fingerprint density at radius 1 is 0.794 bits per heavy atom. The molecule has 0 spiro atoms. The monoisotopic (exact) mass is 483 g/mol. The summed E-state index contributed by atoms with van der Waals surface area (Å²) in [7, 11) is -2.51.